The Balaban J connectivity index is 1.81. The molecule has 212 valence electrons. The molecule has 0 aliphatic heterocycles. The predicted molar refractivity (Wildman–Crippen MR) is 165 cm³/mol. The van der Waals surface area contributed by atoms with E-state index in [-0.39, 0.29) is 6.42 Å². The molecule has 0 aliphatic carbocycles. The van der Waals surface area contributed by atoms with E-state index < -0.39 is 35.4 Å². The summed E-state index contributed by atoms with van der Waals surface area (Å²) in [5.74, 6) is -2.02. The summed E-state index contributed by atoms with van der Waals surface area (Å²) < 4.78 is 21.3. The number of Topliss-reactive ketones (excluding diaryl/α,β-unsaturated/α-hetero) is 1. The van der Waals surface area contributed by atoms with Crippen molar-refractivity contribution in [3.05, 3.63) is 144 Å². The summed E-state index contributed by atoms with van der Waals surface area (Å²) in [4.78, 5) is 26.9. The van der Waals surface area contributed by atoms with Crippen LogP contribution in [0.3, 0.4) is 0 Å². The lowest BCUT2D eigenvalue weighted by molar-refractivity contribution is -0.151. The van der Waals surface area contributed by atoms with Crippen molar-refractivity contribution >= 4 is 23.5 Å². The highest BCUT2D eigenvalue weighted by Crippen LogP contribution is 2.38. The zero-order valence-electron chi connectivity index (χ0n) is 23.4. The molecule has 1 N–H and O–H groups in total. The van der Waals surface area contributed by atoms with Crippen LogP contribution in [0.15, 0.2) is 121 Å². The summed E-state index contributed by atoms with van der Waals surface area (Å²) in [6, 6.07) is 38.0. The summed E-state index contributed by atoms with van der Waals surface area (Å²) in [6.45, 7) is 0. The van der Waals surface area contributed by atoms with Gasteiger partial charge in [-0.2, -0.15) is 11.8 Å². The number of rotatable bonds is 14. The van der Waals surface area contributed by atoms with Gasteiger partial charge < -0.3 is 4.74 Å². The molecule has 6 heteroatoms. The number of methoxy groups -OCH3 is 1. The zero-order chi connectivity index (χ0) is 29.1. The van der Waals surface area contributed by atoms with Crippen LogP contribution in [0.2, 0.25) is 0 Å². The van der Waals surface area contributed by atoms with Crippen molar-refractivity contribution < 1.29 is 18.7 Å². The lowest BCUT2D eigenvalue weighted by Gasteiger charge is -2.40. The number of ketones is 1. The van der Waals surface area contributed by atoms with Gasteiger partial charge in [-0.05, 0) is 47.1 Å². The van der Waals surface area contributed by atoms with Gasteiger partial charge in [0.1, 0.15) is 0 Å². The summed E-state index contributed by atoms with van der Waals surface area (Å²) in [5.41, 5.74) is 2.57. The molecule has 4 aromatic carbocycles. The average molecular weight is 570 g/mol. The molecule has 4 aromatic rings. The molecule has 4 nitrogen and oxygen atoms in total. The normalized spacial score (nSPS) is 13.6. The molecule has 41 heavy (non-hydrogen) atoms. The highest BCUT2D eigenvalue weighted by atomic mass is 32.2. The molecule has 0 aromatic heterocycles. The number of carbonyl (C=O) groups is 2. The number of halogens is 1. The zero-order valence-corrected chi connectivity index (χ0v) is 24.2. The summed E-state index contributed by atoms with van der Waals surface area (Å²) in [5, 5.41) is 3.65. The second kappa shape index (κ2) is 14.8. The monoisotopic (exact) mass is 569 g/mol. The summed E-state index contributed by atoms with van der Waals surface area (Å²) in [7, 11) is 1.23. The number of alkyl halides is 1. The topological polar surface area (TPSA) is 55.4 Å². The van der Waals surface area contributed by atoms with Crippen LogP contribution in [0.5, 0.6) is 0 Å². The fraction of sp³-hybridized carbons (Fsp3) is 0.257. The molecule has 0 aliphatic rings. The number of hydrogen-bond donors (Lipinski definition) is 1. The van der Waals surface area contributed by atoms with E-state index in [1.807, 2.05) is 128 Å². The Morgan fingerprint density at radius 2 is 1.22 bits per heavy atom. The molecule has 0 amide bonds. The lowest BCUT2D eigenvalue weighted by atomic mass is 9.76. The highest BCUT2D eigenvalue weighted by molar-refractivity contribution is 7.98. The first-order chi connectivity index (χ1) is 20.0. The highest BCUT2D eigenvalue weighted by Gasteiger charge is 2.43. The van der Waals surface area contributed by atoms with Crippen molar-refractivity contribution in [1.82, 2.24) is 5.32 Å². The number of hydrogen-bond acceptors (Lipinski definition) is 5. The van der Waals surface area contributed by atoms with Crippen LogP contribution in [0.1, 0.15) is 28.7 Å². The van der Waals surface area contributed by atoms with Crippen LogP contribution in [-0.4, -0.2) is 43.1 Å². The van der Waals surface area contributed by atoms with E-state index in [1.165, 1.54) is 7.11 Å². The van der Waals surface area contributed by atoms with E-state index >= 15 is 4.39 Å². The number of carbonyl (C=O) groups excluding carboxylic acids is 2. The fourth-order valence-electron chi connectivity index (χ4n) is 5.31. The molecule has 0 heterocycles. The Morgan fingerprint density at radius 1 is 0.780 bits per heavy atom. The third kappa shape index (κ3) is 7.13. The molecule has 0 saturated carbocycles. The minimum atomic E-state index is -2.05. The molecule has 0 saturated heterocycles. The molecule has 0 radical (unpaired) electrons. The average Bonchev–Trinajstić information content (AvgIpc) is 3.04. The quantitative estimate of drug-likeness (QED) is 0.137. The molecular formula is C35H36FNO3S. The first kappa shape index (κ1) is 30.2. The van der Waals surface area contributed by atoms with Crippen molar-refractivity contribution in [3.63, 3.8) is 0 Å². The summed E-state index contributed by atoms with van der Waals surface area (Å²) in [6.07, 6.45) is 0.354. The van der Waals surface area contributed by atoms with Gasteiger partial charge in [0.2, 0.25) is 0 Å². The van der Waals surface area contributed by atoms with Gasteiger partial charge in [0, 0.05) is 0 Å². The van der Waals surface area contributed by atoms with E-state index in [9.17, 15) is 9.59 Å². The molecule has 0 bridgehead atoms. The molecule has 0 spiro atoms. The van der Waals surface area contributed by atoms with Crippen LogP contribution in [0.4, 0.5) is 4.39 Å². The number of esters is 1. The van der Waals surface area contributed by atoms with Gasteiger partial charge in [-0.25, -0.2) is 4.39 Å². The second-order valence-electron chi connectivity index (χ2n) is 9.95. The summed E-state index contributed by atoms with van der Waals surface area (Å²) >= 11 is 1.59. The third-order valence-electron chi connectivity index (χ3n) is 7.39. The van der Waals surface area contributed by atoms with E-state index in [0.717, 1.165) is 22.3 Å². The molecular weight excluding hydrogens is 533 g/mol. The molecule has 0 fully saturated rings. The van der Waals surface area contributed by atoms with E-state index in [2.05, 4.69) is 5.32 Å². The number of ether oxygens (including phenoxy) is 1. The Hall–Kier alpha value is -3.74. The van der Waals surface area contributed by atoms with Crippen molar-refractivity contribution in [2.24, 2.45) is 5.92 Å². The maximum Gasteiger partial charge on any atom is 0.312 e. The SMILES string of the molecule is COC(=O)[C@@H](Cc1ccccc1)[C@H](F)C(=O)[C@H](CCSC)NC(c1ccccc1)(c1ccccc1)c1ccccc1. The van der Waals surface area contributed by atoms with E-state index in [1.54, 1.807) is 11.8 Å². The number of thioether (sulfide) groups is 1. The van der Waals surface area contributed by atoms with Gasteiger partial charge in [-0.1, -0.05) is 121 Å². The van der Waals surface area contributed by atoms with Gasteiger partial charge in [0.05, 0.1) is 24.6 Å². The predicted octanol–water partition coefficient (Wildman–Crippen LogP) is 6.63. The van der Waals surface area contributed by atoms with Gasteiger partial charge in [0.25, 0.3) is 0 Å². The largest absolute Gasteiger partial charge is 0.469 e. The number of nitrogens with one attached hydrogen (secondary N) is 1. The minimum Gasteiger partial charge on any atom is -0.469 e. The Morgan fingerprint density at radius 3 is 1.63 bits per heavy atom. The van der Waals surface area contributed by atoms with E-state index in [0.29, 0.717) is 12.2 Å². The first-order valence-electron chi connectivity index (χ1n) is 13.7. The van der Waals surface area contributed by atoms with Crippen molar-refractivity contribution in [2.75, 3.05) is 19.1 Å². The number of benzene rings is 4. The minimum absolute atomic E-state index is 0.0663. The fourth-order valence-corrected chi connectivity index (χ4v) is 5.78. The second-order valence-corrected chi connectivity index (χ2v) is 10.9. The van der Waals surface area contributed by atoms with Crippen LogP contribution in [-0.2, 0) is 26.3 Å². The van der Waals surface area contributed by atoms with Crippen molar-refractivity contribution in [3.8, 4) is 0 Å². The maximum atomic E-state index is 16.3. The van der Waals surface area contributed by atoms with Crippen molar-refractivity contribution in [1.29, 1.82) is 0 Å². The van der Waals surface area contributed by atoms with Gasteiger partial charge in [-0.15, -0.1) is 0 Å². The molecule has 4 rings (SSSR count). The first-order valence-corrected chi connectivity index (χ1v) is 15.1. The maximum absolute atomic E-state index is 16.3. The molecule has 3 atom stereocenters. The van der Waals surface area contributed by atoms with Gasteiger partial charge >= 0.3 is 5.97 Å². The third-order valence-corrected chi connectivity index (χ3v) is 8.04. The van der Waals surface area contributed by atoms with Gasteiger partial charge in [0.15, 0.2) is 12.0 Å². The molecule has 0 unspecified atom stereocenters. The van der Waals surface area contributed by atoms with Crippen LogP contribution < -0.4 is 5.32 Å². The Bertz CT molecular complexity index is 1270. The van der Waals surface area contributed by atoms with Crippen LogP contribution >= 0.6 is 11.8 Å². The van der Waals surface area contributed by atoms with Gasteiger partial charge in [-0.3, -0.25) is 14.9 Å². The van der Waals surface area contributed by atoms with Crippen LogP contribution in [0, 0.1) is 5.92 Å². The Labute approximate surface area is 246 Å². The van der Waals surface area contributed by atoms with E-state index in [4.69, 9.17) is 4.74 Å². The smallest absolute Gasteiger partial charge is 0.312 e. The lowest BCUT2D eigenvalue weighted by Crippen LogP contribution is -2.55. The van der Waals surface area contributed by atoms with Crippen LogP contribution in [0.25, 0.3) is 0 Å². The Kier molecular flexibility index (Phi) is 10.9. The van der Waals surface area contributed by atoms with Crippen molar-refractivity contribution in [2.45, 2.75) is 30.6 Å². The standard InChI is InChI=1S/C35H36FNO3S/c1-40-34(39)30(25-26-15-7-3-8-16-26)32(36)33(38)31(23-24-41-2)37-35(27-17-9-4-10-18-27,28-19-11-5-12-20-28)29-21-13-6-14-22-29/h3-22,30-32,37H,23-25H2,1-2H3/t30-,31-,32-/m0/s1.